The van der Waals surface area contributed by atoms with Crippen molar-refractivity contribution in [2.45, 2.75) is 31.5 Å². The van der Waals surface area contributed by atoms with Crippen molar-refractivity contribution in [2.24, 2.45) is 5.18 Å². The Bertz CT molecular complexity index is 426. The SMILES string of the molecule is Nn1nc(C(F)(F)F)c2c1CCC(N=O)C2. The highest BCUT2D eigenvalue weighted by Gasteiger charge is 2.40. The first-order valence-corrected chi connectivity index (χ1v) is 4.69. The summed E-state index contributed by atoms with van der Waals surface area (Å²) in [6, 6.07) is -0.613. The molecular weight excluding hydrogens is 225 g/mol. The van der Waals surface area contributed by atoms with Crippen LogP contribution < -0.4 is 5.84 Å². The topological polar surface area (TPSA) is 73.3 Å². The number of hydrogen-bond donors (Lipinski definition) is 1. The fourth-order valence-corrected chi connectivity index (χ4v) is 1.94. The quantitative estimate of drug-likeness (QED) is 0.586. The molecule has 16 heavy (non-hydrogen) atoms. The Hall–Kier alpha value is -1.60. The Morgan fingerprint density at radius 1 is 1.50 bits per heavy atom. The van der Waals surface area contributed by atoms with Crippen LogP contribution in [0.15, 0.2) is 5.18 Å². The standard InChI is InChI=1S/C8H9F3N4O/c9-8(10,11)7-5-3-4(14-16)1-2-6(5)15(12)13-7/h4H,1-3,12H2. The van der Waals surface area contributed by atoms with Gasteiger partial charge in [-0.1, -0.05) is 5.18 Å². The number of nitrogen functional groups attached to an aromatic ring is 1. The third-order valence-electron chi connectivity index (χ3n) is 2.69. The molecule has 1 heterocycles. The zero-order valence-electron chi connectivity index (χ0n) is 8.16. The Morgan fingerprint density at radius 2 is 2.19 bits per heavy atom. The van der Waals surface area contributed by atoms with E-state index in [1.165, 1.54) is 0 Å². The van der Waals surface area contributed by atoms with Crippen molar-refractivity contribution in [2.75, 3.05) is 5.84 Å². The summed E-state index contributed by atoms with van der Waals surface area (Å²) in [6.07, 6.45) is -3.87. The van der Waals surface area contributed by atoms with Gasteiger partial charge in [-0.25, -0.2) is 0 Å². The number of alkyl halides is 3. The number of halogens is 3. The number of rotatable bonds is 1. The lowest BCUT2D eigenvalue weighted by atomic mass is 9.92. The second-order valence-electron chi connectivity index (χ2n) is 3.72. The number of nitroso groups, excluding NO2 is 1. The normalized spacial score (nSPS) is 20.6. The Balaban J connectivity index is 2.47. The molecule has 1 unspecified atom stereocenters. The van der Waals surface area contributed by atoms with Crippen LogP contribution in [0.2, 0.25) is 0 Å². The van der Waals surface area contributed by atoms with Crippen LogP contribution in [-0.2, 0) is 19.0 Å². The summed E-state index contributed by atoms with van der Waals surface area (Å²) in [7, 11) is 0. The van der Waals surface area contributed by atoms with Crippen LogP contribution in [0.3, 0.4) is 0 Å². The predicted molar refractivity (Wildman–Crippen MR) is 49.0 cm³/mol. The first-order chi connectivity index (χ1) is 7.43. The van der Waals surface area contributed by atoms with E-state index >= 15 is 0 Å². The summed E-state index contributed by atoms with van der Waals surface area (Å²) < 4.78 is 37.7. The van der Waals surface area contributed by atoms with E-state index < -0.39 is 17.9 Å². The van der Waals surface area contributed by atoms with Crippen molar-refractivity contribution >= 4 is 0 Å². The number of fused-ring (bicyclic) bond motifs is 1. The monoisotopic (exact) mass is 234 g/mol. The van der Waals surface area contributed by atoms with Crippen molar-refractivity contribution in [1.82, 2.24) is 9.89 Å². The molecule has 0 aromatic carbocycles. The maximum Gasteiger partial charge on any atom is 0.435 e. The van der Waals surface area contributed by atoms with Gasteiger partial charge in [-0.2, -0.15) is 22.9 Å². The second-order valence-corrected chi connectivity index (χ2v) is 3.72. The van der Waals surface area contributed by atoms with E-state index in [2.05, 4.69) is 10.3 Å². The van der Waals surface area contributed by atoms with Gasteiger partial charge in [0.1, 0.15) is 0 Å². The van der Waals surface area contributed by atoms with Gasteiger partial charge < -0.3 is 5.84 Å². The van der Waals surface area contributed by atoms with Gasteiger partial charge in [0.05, 0.1) is 11.7 Å². The lowest BCUT2D eigenvalue weighted by Crippen LogP contribution is -2.22. The molecule has 0 aliphatic heterocycles. The zero-order chi connectivity index (χ0) is 11.9. The minimum atomic E-state index is -4.54. The first-order valence-electron chi connectivity index (χ1n) is 4.69. The molecule has 0 saturated carbocycles. The Morgan fingerprint density at radius 3 is 2.75 bits per heavy atom. The van der Waals surface area contributed by atoms with Gasteiger partial charge in [-0.15, -0.1) is 5.10 Å². The maximum absolute atomic E-state index is 12.6. The third kappa shape index (κ3) is 1.63. The fraction of sp³-hybridized carbons (Fsp3) is 0.625. The van der Waals surface area contributed by atoms with Crippen molar-refractivity contribution < 1.29 is 13.2 Å². The van der Waals surface area contributed by atoms with E-state index in [1.54, 1.807) is 0 Å². The minimum absolute atomic E-state index is 0.00542. The predicted octanol–water partition coefficient (Wildman–Crippen LogP) is 1.24. The summed E-state index contributed by atoms with van der Waals surface area (Å²) in [5, 5.41) is 6.04. The van der Waals surface area contributed by atoms with E-state index in [0.717, 1.165) is 4.79 Å². The first kappa shape index (κ1) is 10.9. The van der Waals surface area contributed by atoms with Gasteiger partial charge in [0.15, 0.2) is 5.69 Å². The average molecular weight is 234 g/mol. The lowest BCUT2D eigenvalue weighted by molar-refractivity contribution is -0.142. The molecule has 88 valence electrons. The molecule has 1 aliphatic carbocycles. The number of nitrogens with zero attached hydrogens (tertiary/aromatic N) is 3. The smallest absolute Gasteiger partial charge is 0.323 e. The van der Waals surface area contributed by atoms with Gasteiger partial charge >= 0.3 is 6.18 Å². The van der Waals surface area contributed by atoms with Crippen molar-refractivity contribution in [3.63, 3.8) is 0 Å². The highest BCUT2D eigenvalue weighted by Crippen LogP contribution is 2.35. The molecule has 0 bridgehead atoms. The number of aromatic nitrogens is 2. The third-order valence-corrected chi connectivity index (χ3v) is 2.69. The van der Waals surface area contributed by atoms with Crippen LogP contribution >= 0.6 is 0 Å². The number of nitrogens with two attached hydrogens (primary N) is 1. The van der Waals surface area contributed by atoms with E-state index in [0.29, 0.717) is 18.5 Å². The number of hydrogen-bond acceptors (Lipinski definition) is 4. The summed E-state index contributed by atoms with van der Waals surface area (Å²) in [6.45, 7) is 0. The molecule has 2 N–H and O–H groups in total. The molecular formula is C8H9F3N4O. The van der Waals surface area contributed by atoms with Crippen LogP contribution in [0.25, 0.3) is 0 Å². The molecule has 0 amide bonds. The molecule has 8 heteroatoms. The van der Waals surface area contributed by atoms with E-state index in [4.69, 9.17) is 5.84 Å². The summed E-state index contributed by atoms with van der Waals surface area (Å²) in [4.78, 5) is 11.1. The molecule has 0 radical (unpaired) electrons. The van der Waals surface area contributed by atoms with E-state index in [-0.39, 0.29) is 12.0 Å². The van der Waals surface area contributed by atoms with Crippen LogP contribution in [0, 0.1) is 4.91 Å². The summed E-state index contributed by atoms with van der Waals surface area (Å²) >= 11 is 0. The molecule has 1 aliphatic rings. The highest BCUT2D eigenvalue weighted by atomic mass is 19.4. The van der Waals surface area contributed by atoms with Crippen LogP contribution in [0.1, 0.15) is 23.4 Å². The molecule has 0 saturated heterocycles. The van der Waals surface area contributed by atoms with E-state index in [1.807, 2.05) is 0 Å². The largest absolute Gasteiger partial charge is 0.435 e. The molecule has 0 fully saturated rings. The molecule has 0 spiro atoms. The van der Waals surface area contributed by atoms with Gasteiger partial charge in [0.25, 0.3) is 0 Å². The molecule has 1 aromatic rings. The van der Waals surface area contributed by atoms with Gasteiger partial charge in [0, 0.05) is 12.0 Å². The molecule has 1 aromatic heterocycles. The van der Waals surface area contributed by atoms with Crippen LogP contribution in [-0.4, -0.2) is 15.9 Å². The molecule has 2 rings (SSSR count). The van der Waals surface area contributed by atoms with Crippen LogP contribution in [0.4, 0.5) is 13.2 Å². The minimum Gasteiger partial charge on any atom is -0.323 e. The molecule has 1 atom stereocenters. The highest BCUT2D eigenvalue weighted by molar-refractivity contribution is 5.32. The Kier molecular flexibility index (Phi) is 2.36. The zero-order valence-corrected chi connectivity index (χ0v) is 8.16. The van der Waals surface area contributed by atoms with Crippen molar-refractivity contribution in [3.8, 4) is 0 Å². The van der Waals surface area contributed by atoms with Crippen molar-refractivity contribution in [3.05, 3.63) is 21.9 Å². The second kappa shape index (κ2) is 3.46. The molecule has 5 nitrogen and oxygen atoms in total. The lowest BCUT2D eigenvalue weighted by Gasteiger charge is -2.17. The Labute approximate surface area is 88.4 Å². The van der Waals surface area contributed by atoms with Gasteiger partial charge in [-0.3, -0.25) is 0 Å². The maximum atomic E-state index is 12.6. The van der Waals surface area contributed by atoms with Crippen LogP contribution in [0.5, 0.6) is 0 Å². The average Bonchev–Trinajstić information content (AvgIpc) is 2.55. The fourth-order valence-electron chi connectivity index (χ4n) is 1.94. The summed E-state index contributed by atoms with van der Waals surface area (Å²) in [5.74, 6) is 5.34. The van der Waals surface area contributed by atoms with E-state index in [9.17, 15) is 18.1 Å². The van der Waals surface area contributed by atoms with Gasteiger partial charge in [-0.05, 0) is 12.8 Å². The summed E-state index contributed by atoms with van der Waals surface area (Å²) in [5.41, 5.74) is -0.656. The van der Waals surface area contributed by atoms with Gasteiger partial charge in [0.2, 0.25) is 0 Å². The van der Waals surface area contributed by atoms with Crippen molar-refractivity contribution in [1.29, 1.82) is 0 Å².